The van der Waals surface area contributed by atoms with Gasteiger partial charge in [-0.05, 0) is 85.2 Å². The van der Waals surface area contributed by atoms with Crippen LogP contribution in [0.3, 0.4) is 0 Å². The van der Waals surface area contributed by atoms with E-state index in [1.807, 2.05) is 20.8 Å². The number of likely N-dealkylation sites (tertiary alicyclic amines) is 2. The number of hydrogen-bond donors (Lipinski definition) is 1. The summed E-state index contributed by atoms with van der Waals surface area (Å²) in [5, 5.41) is 2.89. The molecule has 27 heavy (non-hydrogen) atoms. The maximum Gasteiger partial charge on any atom is 0.407 e. The number of hydrogen-bond acceptors (Lipinski definition) is 4. The van der Waals surface area contributed by atoms with Crippen molar-refractivity contribution in [2.24, 2.45) is 5.92 Å². The van der Waals surface area contributed by atoms with Crippen LogP contribution in [0.5, 0.6) is 0 Å². The van der Waals surface area contributed by atoms with Crippen molar-refractivity contribution in [2.75, 3.05) is 26.2 Å². The Morgan fingerprint density at radius 3 is 2.37 bits per heavy atom. The predicted molar refractivity (Wildman–Crippen MR) is 108 cm³/mol. The van der Waals surface area contributed by atoms with E-state index in [-0.39, 0.29) is 12.1 Å². The smallest absolute Gasteiger partial charge is 0.407 e. The van der Waals surface area contributed by atoms with E-state index in [1.165, 1.54) is 6.42 Å². The molecule has 6 nitrogen and oxygen atoms in total. The molecule has 0 radical (unpaired) electrons. The van der Waals surface area contributed by atoms with Crippen molar-refractivity contribution in [3.05, 3.63) is 0 Å². The van der Waals surface area contributed by atoms with Crippen molar-refractivity contribution < 1.29 is 14.3 Å². The van der Waals surface area contributed by atoms with Gasteiger partial charge in [0.15, 0.2) is 0 Å². The molecule has 2 heterocycles. The second-order valence-electron chi connectivity index (χ2n) is 9.13. The third-order valence-corrected chi connectivity index (χ3v) is 5.87. The summed E-state index contributed by atoms with van der Waals surface area (Å²) in [4.78, 5) is 29.3. The molecule has 2 unspecified atom stereocenters. The lowest BCUT2D eigenvalue weighted by atomic mass is 9.95. The third-order valence-electron chi connectivity index (χ3n) is 5.87. The van der Waals surface area contributed by atoms with Gasteiger partial charge in [-0.25, -0.2) is 4.79 Å². The number of rotatable bonds is 5. The summed E-state index contributed by atoms with van der Waals surface area (Å²) in [6, 6.07) is 0.376. The van der Waals surface area contributed by atoms with E-state index in [4.69, 9.17) is 4.74 Å². The minimum atomic E-state index is -0.464. The van der Waals surface area contributed by atoms with Gasteiger partial charge in [-0.1, -0.05) is 6.92 Å². The lowest BCUT2D eigenvalue weighted by Gasteiger charge is -2.41. The Bertz CT molecular complexity index is 495. The SMILES string of the molecule is CCC1CCCCN1C(=O)C(C)N1CCC(CNC(=O)OC(C)(C)C)CC1. The van der Waals surface area contributed by atoms with Crippen LogP contribution in [0.25, 0.3) is 0 Å². The van der Waals surface area contributed by atoms with Crippen molar-refractivity contribution in [3.8, 4) is 0 Å². The fraction of sp³-hybridized carbons (Fsp3) is 0.905. The van der Waals surface area contributed by atoms with Gasteiger partial charge in [0, 0.05) is 19.1 Å². The monoisotopic (exact) mass is 381 g/mol. The molecule has 2 rings (SSSR count). The van der Waals surface area contributed by atoms with Gasteiger partial charge in [-0.15, -0.1) is 0 Å². The molecule has 0 saturated carbocycles. The molecular weight excluding hydrogens is 342 g/mol. The Balaban J connectivity index is 1.76. The van der Waals surface area contributed by atoms with Gasteiger partial charge in [-0.3, -0.25) is 9.69 Å². The zero-order valence-electron chi connectivity index (χ0n) is 17.9. The summed E-state index contributed by atoms with van der Waals surface area (Å²) in [5.41, 5.74) is -0.464. The van der Waals surface area contributed by atoms with Gasteiger partial charge in [-0.2, -0.15) is 0 Å². The van der Waals surface area contributed by atoms with E-state index >= 15 is 0 Å². The largest absolute Gasteiger partial charge is 0.444 e. The third kappa shape index (κ3) is 6.66. The van der Waals surface area contributed by atoms with Crippen LogP contribution < -0.4 is 5.32 Å². The highest BCUT2D eigenvalue weighted by Crippen LogP contribution is 2.24. The number of ether oxygens (including phenoxy) is 1. The van der Waals surface area contributed by atoms with Crippen LogP contribution in [0.2, 0.25) is 0 Å². The molecule has 0 aliphatic carbocycles. The maximum atomic E-state index is 13.0. The first-order valence-electron chi connectivity index (χ1n) is 10.7. The molecule has 0 aromatic carbocycles. The van der Waals surface area contributed by atoms with E-state index in [0.29, 0.717) is 24.4 Å². The van der Waals surface area contributed by atoms with Crippen molar-refractivity contribution in [2.45, 2.75) is 90.8 Å². The number of alkyl carbamates (subject to hydrolysis) is 1. The molecule has 2 amide bonds. The van der Waals surface area contributed by atoms with Gasteiger partial charge in [0.25, 0.3) is 0 Å². The first kappa shape index (κ1) is 22.0. The van der Waals surface area contributed by atoms with E-state index in [9.17, 15) is 9.59 Å². The topological polar surface area (TPSA) is 61.9 Å². The fourth-order valence-corrected chi connectivity index (χ4v) is 4.20. The Morgan fingerprint density at radius 1 is 1.11 bits per heavy atom. The number of nitrogens with zero attached hydrogens (tertiary/aromatic N) is 2. The number of amides is 2. The molecule has 2 aliphatic rings. The highest BCUT2D eigenvalue weighted by molar-refractivity contribution is 5.82. The summed E-state index contributed by atoms with van der Waals surface area (Å²) >= 11 is 0. The van der Waals surface area contributed by atoms with Crippen LogP contribution in [-0.4, -0.2) is 65.7 Å². The number of carbonyl (C=O) groups is 2. The Labute approximate surface area is 165 Å². The summed E-state index contributed by atoms with van der Waals surface area (Å²) in [6.07, 6.45) is 6.24. The fourth-order valence-electron chi connectivity index (χ4n) is 4.20. The molecule has 6 heteroatoms. The Hall–Kier alpha value is -1.30. The zero-order valence-corrected chi connectivity index (χ0v) is 17.9. The molecule has 2 atom stereocenters. The molecule has 156 valence electrons. The van der Waals surface area contributed by atoms with Crippen molar-refractivity contribution >= 4 is 12.0 Å². The van der Waals surface area contributed by atoms with Crippen molar-refractivity contribution in [3.63, 3.8) is 0 Å². The molecule has 0 aromatic rings. The van der Waals surface area contributed by atoms with Crippen LogP contribution in [0.15, 0.2) is 0 Å². The Kier molecular flexibility index (Phi) is 7.95. The summed E-state index contributed by atoms with van der Waals surface area (Å²) in [6.45, 7) is 13.2. The lowest BCUT2D eigenvalue weighted by Crippen LogP contribution is -2.54. The first-order valence-corrected chi connectivity index (χ1v) is 10.7. The van der Waals surface area contributed by atoms with E-state index < -0.39 is 5.60 Å². The number of carbonyl (C=O) groups excluding carboxylic acids is 2. The van der Waals surface area contributed by atoms with Crippen LogP contribution in [0.1, 0.15) is 73.1 Å². The van der Waals surface area contributed by atoms with E-state index in [0.717, 1.165) is 51.7 Å². The second kappa shape index (κ2) is 9.76. The van der Waals surface area contributed by atoms with Crippen LogP contribution in [-0.2, 0) is 9.53 Å². The number of piperidine rings is 2. The van der Waals surface area contributed by atoms with Gasteiger partial charge in [0.1, 0.15) is 5.60 Å². The molecular formula is C21H39N3O3. The van der Waals surface area contributed by atoms with Crippen molar-refractivity contribution in [1.29, 1.82) is 0 Å². The average molecular weight is 382 g/mol. The first-order chi connectivity index (χ1) is 12.7. The molecule has 1 N–H and O–H groups in total. The Morgan fingerprint density at radius 2 is 1.78 bits per heavy atom. The quantitative estimate of drug-likeness (QED) is 0.793. The lowest BCUT2D eigenvalue weighted by molar-refractivity contribution is -0.140. The highest BCUT2D eigenvalue weighted by atomic mass is 16.6. The molecule has 2 saturated heterocycles. The van der Waals surface area contributed by atoms with Gasteiger partial charge < -0.3 is 15.0 Å². The van der Waals surface area contributed by atoms with E-state index in [2.05, 4.69) is 29.0 Å². The molecule has 0 aromatic heterocycles. The van der Waals surface area contributed by atoms with E-state index in [1.54, 1.807) is 0 Å². The minimum Gasteiger partial charge on any atom is -0.444 e. The predicted octanol–water partition coefficient (Wildman–Crippen LogP) is 3.40. The van der Waals surface area contributed by atoms with Crippen LogP contribution in [0.4, 0.5) is 4.79 Å². The van der Waals surface area contributed by atoms with Crippen LogP contribution >= 0.6 is 0 Å². The molecule has 0 spiro atoms. The summed E-state index contributed by atoms with van der Waals surface area (Å²) in [5.74, 6) is 0.751. The van der Waals surface area contributed by atoms with Gasteiger partial charge in [0.2, 0.25) is 5.91 Å². The van der Waals surface area contributed by atoms with Gasteiger partial charge >= 0.3 is 6.09 Å². The van der Waals surface area contributed by atoms with Crippen molar-refractivity contribution in [1.82, 2.24) is 15.1 Å². The normalized spacial score (nSPS) is 23.7. The zero-order chi connectivity index (χ0) is 20.0. The molecule has 2 aliphatic heterocycles. The average Bonchev–Trinajstić information content (AvgIpc) is 2.64. The maximum absolute atomic E-state index is 13.0. The van der Waals surface area contributed by atoms with Gasteiger partial charge in [0.05, 0.1) is 6.04 Å². The molecule has 0 bridgehead atoms. The highest BCUT2D eigenvalue weighted by Gasteiger charge is 2.33. The number of nitrogens with one attached hydrogen (secondary N) is 1. The summed E-state index contributed by atoms with van der Waals surface area (Å²) < 4.78 is 5.30. The van der Waals surface area contributed by atoms with Crippen LogP contribution in [0, 0.1) is 5.92 Å². The standard InChI is InChI=1S/C21H39N3O3/c1-6-18-9-7-8-12-24(18)19(25)16(2)23-13-10-17(11-14-23)15-22-20(26)27-21(3,4)5/h16-18H,6-15H2,1-5H3,(H,22,26). The summed E-state index contributed by atoms with van der Waals surface area (Å²) in [7, 11) is 0. The minimum absolute atomic E-state index is 0.0445. The second-order valence-corrected chi connectivity index (χ2v) is 9.13. The molecule has 2 fully saturated rings.